The Morgan fingerprint density at radius 3 is 2.52 bits per heavy atom. The normalized spacial score (nSPS) is 10.8. The summed E-state index contributed by atoms with van der Waals surface area (Å²) in [7, 11) is 0. The van der Waals surface area contributed by atoms with Gasteiger partial charge in [0.2, 0.25) is 0 Å². The summed E-state index contributed by atoms with van der Waals surface area (Å²) in [6.07, 6.45) is 1.60. The second-order valence-electron chi connectivity index (χ2n) is 7.14. The van der Waals surface area contributed by atoms with Crippen molar-refractivity contribution in [3.8, 4) is 5.75 Å². The van der Waals surface area contributed by atoms with Gasteiger partial charge in [-0.3, -0.25) is 9.48 Å². The van der Waals surface area contributed by atoms with E-state index in [-0.39, 0.29) is 24.1 Å². The highest BCUT2D eigenvalue weighted by Gasteiger charge is 2.14. The molecule has 1 N–H and O–H groups in total. The first-order chi connectivity index (χ1) is 15.9. The summed E-state index contributed by atoms with van der Waals surface area (Å²) in [5, 5.41) is 8.06. The molecular weight excluding hydrogens is 488 g/mol. The molecule has 4 aromatic rings. The minimum Gasteiger partial charge on any atom is -0.487 e. The van der Waals surface area contributed by atoms with Crippen LogP contribution in [-0.4, -0.2) is 15.7 Å². The van der Waals surface area contributed by atoms with Crippen LogP contribution in [0.5, 0.6) is 5.75 Å². The van der Waals surface area contributed by atoms with E-state index in [0.717, 1.165) is 11.1 Å². The Labute approximate surface area is 204 Å². The van der Waals surface area contributed by atoms with Crippen LogP contribution in [0.2, 0.25) is 15.1 Å². The molecule has 0 aliphatic heterocycles. The Balaban J connectivity index is 1.42. The van der Waals surface area contributed by atoms with Gasteiger partial charge in [-0.05, 0) is 47.5 Å². The van der Waals surface area contributed by atoms with E-state index in [1.54, 1.807) is 59.4 Å². The fourth-order valence-corrected chi connectivity index (χ4v) is 3.62. The summed E-state index contributed by atoms with van der Waals surface area (Å²) in [6.45, 7) is 0.586. The predicted molar refractivity (Wildman–Crippen MR) is 128 cm³/mol. The molecule has 0 aliphatic carbocycles. The number of benzene rings is 3. The first kappa shape index (κ1) is 23.1. The Kier molecular flexibility index (Phi) is 7.18. The van der Waals surface area contributed by atoms with E-state index in [9.17, 15) is 9.18 Å². The number of carbonyl (C=O) groups excluding carboxylic acids is 1. The molecule has 5 nitrogen and oxygen atoms in total. The zero-order valence-electron chi connectivity index (χ0n) is 17.1. The van der Waals surface area contributed by atoms with Crippen molar-refractivity contribution in [2.24, 2.45) is 0 Å². The number of hydrogen-bond donors (Lipinski definition) is 1. The molecule has 0 fully saturated rings. The standard InChI is InChI=1S/C24H17Cl3FN3O2/c25-19-5-2-6-21(22(19)27)33-14-16-3-1-4-17(11-16)24(32)29-23-20(26)13-31(30-23)12-15-7-9-18(28)10-8-15/h1-11,13H,12,14H2,(H,29,30,32). The van der Waals surface area contributed by atoms with Gasteiger partial charge in [0.05, 0.1) is 11.6 Å². The van der Waals surface area contributed by atoms with Crippen molar-refractivity contribution >= 4 is 46.5 Å². The number of amides is 1. The summed E-state index contributed by atoms with van der Waals surface area (Å²) in [4.78, 5) is 12.8. The van der Waals surface area contributed by atoms with Crippen LogP contribution >= 0.6 is 34.8 Å². The van der Waals surface area contributed by atoms with Gasteiger partial charge in [-0.2, -0.15) is 5.10 Å². The maximum absolute atomic E-state index is 13.1. The van der Waals surface area contributed by atoms with Gasteiger partial charge in [-0.1, -0.05) is 65.1 Å². The summed E-state index contributed by atoms with van der Waals surface area (Å²) in [5.41, 5.74) is 2.03. The summed E-state index contributed by atoms with van der Waals surface area (Å²) in [5.74, 6) is 0.00806. The average Bonchev–Trinajstić information content (AvgIpc) is 3.15. The van der Waals surface area contributed by atoms with Crippen molar-refractivity contribution in [2.75, 3.05) is 5.32 Å². The third-order valence-electron chi connectivity index (χ3n) is 4.71. The van der Waals surface area contributed by atoms with E-state index in [4.69, 9.17) is 39.5 Å². The monoisotopic (exact) mass is 503 g/mol. The number of ether oxygens (including phenoxy) is 1. The van der Waals surface area contributed by atoms with Gasteiger partial charge in [-0.15, -0.1) is 0 Å². The molecule has 0 unspecified atom stereocenters. The molecule has 0 saturated heterocycles. The van der Waals surface area contributed by atoms with E-state index >= 15 is 0 Å². The average molecular weight is 505 g/mol. The second kappa shape index (κ2) is 10.3. The lowest BCUT2D eigenvalue weighted by molar-refractivity contribution is 0.102. The molecule has 1 amide bonds. The van der Waals surface area contributed by atoms with Crippen LogP contribution in [-0.2, 0) is 13.2 Å². The zero-order chi connectivity index (χ0) is 23.4. The molecule has 0 aliphatic rings. The molecule has 0 saturated carbocycles. The highest BCUT2D eigenvalue weighted by atomic mass is 35.5. The quantitative estimate of drug-likeness (QED) is 0.299. The number of halogens is 4. The Bertz CT molecular complexity index is 1290. The lowest BCUT2D eigenvalue weighted by Crippen LogP contribution is -2.13. The predicted octanol–water partition coefficient (Wildman–Crippen LogP) is 6.86. The van der Waals surface area contributed by atoms with Gasteiger partial charge < -0.3 is 10.1 Å². The van der Waals surface area contributed by atoms with Crippen LogP contribution in [0, 0.1) is 5.82 Å². The van der Waals surface area contributed by atoms with Crippen molar-refractivity contribution < 1.29 is 13.9 Å². The SMILES string of the molecule is O=C(Nc1nn(Cc2ccc(F)cc2)cc1Cl)c1cccc(COc2cccc(Cl)c2Cl)c1. The minimum absolute atomic E-state index is 0.203. The molecule has 3 aromatic carbocycles. The third kappa shape index (κ3) is 5.85. The number of anilines is 1. The maximum Gasteiger partial charge on any atom is 0.256 e. The molecular formula is C24H17Cl3FN3O2. The maximum atomic E-state index is 13.1. The van der Waals surface area contributed by atoms with Crippen molar-refractivity contribution in [2.45, 2.75) is 13.2 Å². The fourth-order valence-electron chi connectivity index (χ4n) is 3.08. The van der Waals surface area contributed by atoms with Crippen LogP contribution in [0.3, 0.4) is 0 Å². The zero-order valence-corrected chi connectivity index (χ0v) is 19.3. The smallest absolute Gasteiger partial charge is 0.256 e. The number of carbonyl (C=O) groups is 1. The molecule has 0 spiro atoms. The van der Waals surface area contributed by atoms with E-state index in [0.29, 0.717) is 32.9 Å². The lowest BCUT2D eigenvalue weighted by Gasteiger charge is -2.10. The second-order valence-corrected chi connectivity index (χ2v) is 8.34. The number of nitrogens with one attached hydrogen (secondary N) is 1. The molecule has 0 radical (unpaired) electrons. The van der Waals surface area contributed by atoms with Crippen LogP contribution in [0.1, 0.15) is 21.5 Å². The van der Waals surface area contributed by atoms with Crippen LogP contribution in [0.25, 0.3) is 0 Å². The first-order valence-corrected chi connectivity index (χ1v) is 11.0. The Hall–Kier alpha value is -3.06. The fraction of sp³-hybridized carbons (Fsp3) is 0.0833. The minimum atomic E-state index is -0.369. The molecule has 168 valence electrons. The Morgan fingerprint density at radius 2 is 1.73 bits per heavy atom. The topological polar surface area (TPSA) is 56.2 Å². The van der Waals surface area contributed by atoms with Gasteiger partial charge in [0.15, 0.2) is 5.82 Å². The molecule has 1 aromatic heterocycles. The van der Waals surface area contributed by atoms with E-state index < -0.39 is 0 Å². The molecule has 0 bridgehead atoms. The molecule has 4 rings (SSSR count). The van der Waals surface area contributed by atoms with Gasteiger partial charge in [0.1, 0.15) is 28.2 Å². The van der Waals surface area contributed by atoms with Crippen LogP contribution in [0.4, 0.5) is 10.2 Å². The summed E-state index contributed by atoms with van der Waals surface area (Å²) >= 11 is 18.4. The van der Waals surface area contributed by atoms with Crippen molar-refractivity contribution in [3.63, 3.8) is 0 Å². The van der Waals surface area contributed by atoms with E-state index in [1.165, 1.54) is 12.1 Å². The van der Waals surface area contributed by atoms with Crippen molar-refractivity contribution in [1.82, 2.24) is 9.78 Å². The third-order valence-corrected chi connectivity index (χ3v) is 5.78. The highest BCUT2D eigenvalue weighted by molar-refractivity contribution is 6.42. The van der Waals surface area contributed by atoms with Gasteiger partial charge in [0, 0.05) is 11.8 Å². The highest BCUT2D eigenvalue weighted by Crippen LogP contribution is 2.32. The molecule has 9 heteroatoms. The number of nitrogens with zero attached hydrogens (tertiary/aromatic N) is 2. The summed E-state index contributed by atoms with van der Waals surface area (Å²) in [6, 6.07) is 18.2. The molecule has 1 heterocycles. The van der Waals surface area contributed by atoms with Crippen LogP contribution in [0.15, 0.2) is 72.9 Å². The van der Waals surface area contributed by atoms with Gasteiger partial charge in [0.25, 0.3) is 5.91 Å². The van der Waals surface area contributed by atoms with Crippen molar-refractivity contribution in [1.29, 1.82) is 0 Å². The molecule has 0 atom stereocenters. The van der Waals surface area contributed by atoms with Crippen molar-refractivity contribution in [3.05, 3.63) is 111 Å². The van der Waals surface area contributed by atoms with Gasteiger partial charge >= 0.3 is 0 Å². The van der Waals surface area contributed by atoms with E-state index in [1.807, 2.05) is 6.07 Å². The largest absolute Gasteiger partial charge is 0.487 e. The van der Waals surface area contributed by atoms with Crippen LogP contribution < -0.4 is 10.1 Å². The number of aromatic nitrogens is 2. The number of rotatable bonds is 7. The summed E-state index contributed by atoms with van der Waals surface area (Å²) < 4.78 is 20.4. The molecule has 33 heavy (non-hydrogen) atoms. The van der Waals surface area contributed by atoms with E-state index in [2.05, 4.69) is 10.4 Å². The Morgan fingerprint density at radius 1 is 0.970 bits per heavy atom. The lowest BCUT2D eigenvalue weighted by atomic mass is 10.1. The first-order valence-electron chi connectivity index (χ1n) is 9.83. The van der Waals surface area contributed by atoms with Gasteiger partial charge in [-0.25, -0.2) is 4.39 Å². The number of hydrogen-bond acceptors (Lipinski definition) is 3.